The van der Waals surface area contributed by atoms with E-state index in [1.165, 1.54) is 15.6 Å². The summed E-state index contributed by atoms with van der Waals surface area (Å²) in [5.41, 5.74) is 2.68. The number of nitrogens with zero attached hydrogens (tertiary/aromatic N) is 1. The Labute approximate surface area is 106 Å². The van der Waals surface area contributed by atoms with Crippen LogP contribution in [0.2, 0.25) is 0 Å². The van der Waals surface area contributed by atoms with Crippen molar-refractivity contribution in [2.45, 2.75) is 31.3 Å². The largest absolute Gasteiger partial charge is 0.271 e. The molecule has 0 spiro atoms. The summed E-state index contributed by atoms with van der Waals surface area (Å²) in [6.45, 7) is 4.92. The van der Waals surface area contributed by atoms with Gasteiger partial charge < -0.3 is 0 Å². The molecule has 5 nitrogen and oxygen atoms in total. The fourth-order valence-corrected chi connectivity index (χ4v) is 4.83. The highest BCUT2D eigenvalue weighted by Gasteiger charge is 2.36. The van der Waals surface area contributed by atoms with E-state index >= 15 is 0 Å². The van der Waals surface area contributed by atoms with Crippen molar-refractivity contribution < 1.29 is 8.42 Å². The summed E-state index contributed by atoms with van der Waals surface area (Å²) in [5, 5.41) is 1.82. The van der Waals surface area contributed by atoms with Gasteiger partial charge in [-0.1, -0.05) is 13.8 Å². The first-order chi connectivity index (χ1) is 7.96. The minimum absolute atomic E-state index is 0.0289. The van der Waals surface area contributed by atoms with Gasteiger partial charge in [0, 0.05) is 24.0 Å². The van der Waals surface area contributed by atoms with E-state index in [2.05, 4.69) is 5.43 Å². The van der Waals surface area contributed by atoms with E-state index in [0.717, 1.165) is 4.88 Å². The van der Waals surface area contributed by atoms with E-state index in [4.69, 9.17) is 5.84 Å². The van der Waals surface area contributed by atoms with Crippen LogP contribution in [0.15, 0.2) is 16.3 Å². The molecule has 17 heavy (non-hydrogen) atoms. The minimum atomic E-state index is -3.29. The van der Waals surface area contributed by atoms with Gasteiger partial charge in [-0.2, -0.15) is 4.31 Å². The Balaban J connectivity index is 2.19. The van der Waals surface area contributed by atoms with Crippen molar-refractivity contribution in [2.24, 2.45) is 11.8 Å². The second-order valence-electron chi connectivity index (χ2n) is 4.52. The second kappa shape index (κ2) is 4.66. The maximum atomic E-state index is 12.2. The molecule has 2 heterocycles. The first-order valence-electron chi connectivity index (χ1n) is 5.49. The van der Waals surface area contributed by atoms with E-state index in [0.29, 0.717) is 18.0 Å². The van der Waals surface area contributed by atoms with Crippen molar-refractivity contribution >= 4 is 21.4 Å². The summed E-state index contributed by atoms with van der Waals surface area (Å²) >= 11 is 1.49. The first kappa shape index (κ1) is 13.0. The zero-order chi connectivity index (χ0) is 12.6. The van der Waals surface area contributed by atoms with Gasteiger partial charge in [-0.3, -0.25) is 11.3 Å². The first-order valence-corrected chi connectivity index (χ1v) is 7.81. The third-order valence-corrected chi connectivity index (χ3v) is 5.99. The average molecular weight is 275 g/mol. The van der Waals surface area contributed by atoms with Crippen LogP contribution < -0.4 is 11.3 Å². The van der Waals surface area contributed by atoms with Gasteiger partial charge in [-0.15, -0.1) is 11.3 Å². The third-order valence-electron chi connectivity index (χ3n) is 3.06. The highest BCUT2D eigenvalue weighted by molar-refractivity contribution is 7.89. The van der Waals surface area contributed by atoms with E-state index < -0.39 is 10.0 Å². The fraction of sp³-hybridized carbons (Fsp3) is 0.600. The molecule has 0 aromatic carbocycles. The number of hydrazine groups is 1. The zero-order valence-electron chi connectivity index (χ0n) is 9.88. The SMILES string of the molecule is CC(C)[C@@H](CN1Cc2sccc2S1(=O)=O)NN. The van der Waals surface area contributed by atoms with Crippen LogP contribution in [0.25, 0.3) is 0 Å². The molecule has 1 aliphatic heterocycles. The van der Waals surface area contributed by atoms with Gasteiger partial charge in [0.15, 0.2) is 0 Å². The molecule has 0 fully saturated rings. The third kappa shape index (κ3) is 2.25. The second-order valence-corrected chi connectivity index (χ2v) is 7.43. The Morgan fingerprint density at radius 2 is 2.29 bits per heavy atom. The van der Waals surface area contributed by atoms with Gasteiger partial charge in [-0.25, -0.2) is 8.42 Å². The lowest BCUT2D eigenvalue weighted by atomic mass is 10.1. The lowest BCUT2D eigenvalue weighted by Crippen LogP contribution is -2.47. The van der Waals surface area contributed by atoms with Gasteiger partial charge in [-0.05, 0) is 17.4 Å². The molecule has 96 valence electrons. The highest BCUT2D eigenvalue weighted by Crippen LogP contribution is 2.34. The molecule has 1 atom stereocenters. The van der Waals surface area contributed by atoms with Gasteiger partial charge >= 0.3 is 0 Å². The summed E-state index contributed by atoms with van der Waals surface area (Å²) < 4.78 is 25.9. The number of thiophene rings is 1. The Kier molecular flexibility index (Phi) is 3.55. The van der Waals surface area contributed by atoms with Crippen molar-refractivity contribution in [3.8, 4) is 0 Å². The molecule has 0 saturated heterocycles. The molecule has 1 aliphatic rings. The molecule has 1 aromatic heterocycles. The van der Waals surface area contributed by atoms with Crippen molar-refractivity contribution in [2.75, 3.05) is 6.54 Å². The molecule has 3 N–H and O–H groups in total. The molecular weight excluding hydrogens is 258 g/mol. The number of sulfonamides is 1. The number of nitrogens with two attached hydrogens (primary N) is 1. The van der Waals surface area contributed by atoms with Crippen LogP contribution in [0.5, 0.6) is 0 Å². The summed E-state index contributed by atoms with van der Waals surface area (Å²) in [6.07, 6.45) is 0. The molecule has 1 aromatic rings. The van der Waals surface area contributed by atoms with Crippen LogP contribution in [0.4, 0.5) is 0 Å². The Hall–Kier alpha value is -0.470. The monoisotopic (exact) mass is 275 g/mol. The average Bonchev–Trinajstić information content (AvgIpc) is 2.78. The fourth-order valence-electron chi connectivity index (χ4n) is 1.90. The van der Waals surface area contributed by atoms with Gasteiger partial charge in [0.25, 0.3) is 0 Å². The smallest absolute Gasteiger partial charge is 0.244 e. The summed E-state index contributed by atoms with van der Waals surface area (Å²) in [7, 11) is -3.29. The highest BCUT2D eigenvalue weighted by atomic mass is 32.2. The van der Waals surface area contributed by atoms with Crippen molar-refractivity contribution in [1.82, 2.24) is 9.73 Å². The maximum Gasteiger partial charge on any atom is 0.244 e. The predicted molar refractivity (Wildman–Crippen MR) is 67.9 cm³/mol. The molecule has 0 bridgehead atoms. The normalized spacial score (nSPS) is 20.7. The lowest BCUT2D eigenvalue weighted by Gasteiger charge is -2.24. The van der Waals surface area contributed by atoms with E-state index in [1.54, 1.807) is 6.07 Å². The molecular formula is C10H17N3O2S2. The van der Waals surface area contributed by atoms with Crippen molar-refractivity contribution in [3.05, 3.63) is 16.3 Å². The summed E-state index contributed by atoms with van der Waals surface area (Å²) in [4.78, 5) is 1.38. The molecule has 0 saturated carbocycles. The van der Waals surface area contributed by atoms with Crippen LogP contribution in [0, 0.1) is 5.92 Å². The molecule has 0 amide bonds. The van der Waals surface area contributed by atoms with Crippen LogP contribution >= 0.6 is 11.3 Å². The standard InChI is InChI=1S/C10H17N3O2S2/c1-7(2)8(12-11)5-13-6-9-10(3-4-16-9)17(13,14)15/h3-4,7-8,12H,5-6,11H2,1-2H3/t8-/m1/s1. The number of hydrogen-bond donors (Lipinski definition) is 2. The Bertz CT molecular complexity index is 495. The number of fused-ring (bicyclic) bond motifs is 1. The van der Waals surface area contributed by atoms with Gasteiger partial charge in [0.2, 0.25) is 10.0 Å². The van der Waals surface area contributed by atoms with Crippen LogP contribution in [-0.2, 0) is 16.6 Å². The topological polar surface area (TPSA) is 75.4 Å². The molecule has 2 rings (SSSR count). The van der Waals surface area contributed by atoms with E-state index in [1.807, 2.05) is 19.2 Å². The van der Waals surface area contributed by atoms with Crippen LogP contribution in [0.3, 0.4) is 0 Å². The molecule has 0 aliphatic carbocycles. The number of hydrogen-bond acceptors (Lipinski definition) is 5. The van der Waals surface area contributed by atoms with E-state index in [-0.39, 0.29) is 12.0 Å². The van der Waals surface area contributed by atoms with E-state index in [9.17, 15) is 8.42 Å². The Morgan fingerprint density at radius 3 is 2.82 bits per heavy atom. The maximum absolute atomic E-state index is 12.2. The Morgan fingerprint density at radius 1 is 1.59 bits per heavy atom. The summed E-state index contributed by atoms with van der Waals surface area (Å²) in [6, 6.07) is 1.65. The quantitative estimate of drug-likeness (QED) is 0.628. The lowest BCUT2D eigenvalue weighted by molar-refractivity contribution is 0.311. The molecule has 7 heteroatoms. The van der Waals surface area contributed by atoms with Gasteiger partial charge in [0.1, 0.15) is 0 Å². The predicted octanol–water partition coefficient (Wildman–Crippen LogP) is 0.740. The number of rotatable bonds is 4. The zero-order valence-corrected chi connectivity index (χ0v) is 11.5. The van der Waals surface area contributed by atoms with Crippen LogP contribution in [-0.4, -0.2) is 25.3 Å². The van der Waals surface area contributed by atoms with Crippen LogP contribution in [0.1, 0.15) is 18.7 Å². The molecule has 0 radical (unpaired) electrons. The minimum Gasteiger partial charge on any atom is -0.271 e. The van der Waals surface area contributed by atoms with Crippen molar-refractivity contribution in [1.29, 1.82) is 0 Å². The number of nitrogens with one attached hydrogen (secondary N) is 1. The van der Waals surface area contributed by atoms with Gasteiger partial charge in [0.05, 0.1) is 4.90 Å². The summed E-state index contributed by atoms with van der Waals surface area (Å²) in [5.74, 6) is 5.74. The van der Waals surface area contributed by atoms with Crippen molar-refractivity contribution in [3.63, 3.8) is 0 Å². The molecule has 0 unspecified atom stereocenters.